The fourth-order valence-corrected chi connectivity index (χ4v) is 4.41. The minimum atomic E-state index is -0.896. The molecule has 3 rings (SSSR count). The van der Waals surface area contributed by atoms with Crippen molar-refractivity contribution in [2.24, 2.45) is 0 Å². The number of hydrogen-bond acceptors (Lipinski definition) is 6. The zero-order valence-electron chi connectivity index (χ0n) is 17.4. The van der Waals surface area contributed by atoms with Gasteiger partial charge in [0, 0.05) is 18.0 Å². The van der Waals surface area contributed by atoms with Gasteiger partial charge >= 0.3 is 5.97 Å². The van der Waals surface area contributed by atoms with E-state index < -0.39 is 5.97 Å². The van der Waals surface area contributed by atoms with Crippen molar-refractivity contribution >= 4 is 57.9 Å². The Kier molecular flexibility index (Phi) is 8.55. The smallest absolute Gasteiger partial charge is 0.303 e. The molecule has 168 valence electrons. The number of benzene rings is 2. The third-order valence-corrected chi connectivity index (χ3v) is 6.15. The average molecular weight is 492 g/mol. The number of thiocarbonyl (C=S) groups is 1. The second kappa shape index (κ2) is 11.4. The lowest BCUT2D eigenvalue weighted by molar-refractivity contribution is -0.137. The molecule has 1 aliphatic heterocycles. The first kappa shape index (κ1) is 24.1. The van der Waals surface area contributed by atoms with Crippen LogP contribution in [0.2, 0.25) is 5.02 Å². The maximum absolute atomic E-state index is 12.7. The van der Waals surface area contributed by atoms with Crippen molar-refractivity contribution in [3.8, 4) is 11.5 Å². The van der Waals surface area contributed by atoms with Crippen LogP contribution in [0.1, 0.15) is 30.9 Å². The summed E-state index contributed by atoms with van der Waals surface area (Å²) in [6, 6.07) is 12.9. The third-order valence-electron chi connectivity index (χ3n) is 4.52. The molecule has 0 aromatic heterocycles. The topological polar surface area (TPSA) is 76.1 Å². The molecule has 6 nitrogen and oxygen atoms in total. The highest BCUT2D eigenvalue weighted by Crippen LogP contribution is 2.35. The van der Waals surface area contributed by atoms with E-state index in [2.05, 4.69) is 0 Å². The number of carboxylic acid groups (broad SMARTS) is 1. The van der Waals surface area contributed by atoms with Gasteiger partial charge in [0.15, 0.2) is 11.5 Å². The highest BCUT2D eigenvalue weighted by molar-refractivity contribution is 8.26. The van der Waals surface area contributed by atoms with Crippen LogP contribution < -0.4 is 9.47 Å². The molecule has 0 saturated carbocycles. The monoisotopic (exact) mass is 491 g/mol. The molecule has 0 spiro atoms. The number of nitrogens with zero attached hydrogens (tertiary/aromatic N) is 1. The van der Waals surface area contributed by atoms with E-state index >= 15 is 0 Å². The molecular formula is C23H22ClNO5S2. The molecule has 9 heteroatoms. The quantitative estimate of drug-likeness (QED) is 0.353. The standard InChI is InChI=1S/C23H22ClNO5S2/c1-2-29-19-12-16(7-10-18(19)30-14-15-5-8-17(24)9-6-15)13-20-22(28)25(23(31)32-20)11-3-4-21(26)27/h5-10,12-13H,2-4,11,14H2,1H3,(H,26,27)/b20-13+. The summed E-state index contributed by atoms with van der Waals surface area (Å²) >= 11 is 12.4. The van der Waals surface area contributed by atoms with E-state index in [0.717, 1.165) is 11.1 Å². The van der Waals surface area contributed by atoms with Gasteiger partial charge in [-0.3, -0.25) is 14.5 Å². The van der Waals surface area contributed by atoms with Gasteiger partial charge < -0.3 is 14.6 Å². The van der Waals surface area contributed by atoms with E-state index in [1.54, 1.807) is 12.1 Å². The molecule has 2 aromatic rings. The minimum Gasteiger partial charge on any atom is -0.490 e. The minimum absolute atomic E-state index is 0.00862. The normalized spacial score (nSPS) is 14.8. The summed E-state index contributed by atoms with van der Waals surface area (Å²) in [6.07, 6.45) is 2.09. The van der Waals surface area contributed by atoms with E-state index in [1.165, 1.54) is 16.7 Å². The Morgan fingerprint density at radius 1 is 1.19 bits per heavy atom. The molecule has 1 N–H and O–H groups in total. The molecule has 0 unspecified atom stereocenters. The van der Waals surface area contributed by atoms with Crippen LogP contribution >= 0.6 is 35.6 Å². The largest absolute Gasteiger partial charge is 0.490 e. The number of halogens is 1. The van der Waals surface area contributed by atoms with Crippen molar-refractivity contribution in [1.82, 2.24) is 4.90 Å². The average Bonchev–Trinajstić information content (AvgIpc) is 3.01. The van der Waals surface area contributed by atoms with Crippen LogP contribution in [0.15, 0.2) is 47.4 Å². The highest BCUT2D eigenvalue weighted by atomic mass is 35.5. The Morgan fingerprint density at radius 2 is 1.94 bits per heavy atom. The predicted molar refractivity (Wildman–Crippen MR) is 130 cm³/mol. The Morgan fingerprint density at radius 3 is 2.62 bits per heavy atom. The lowest BCUT2D eigenvalue weighted by Gasteiger charge is -2.13. The first-order valence-electron chi connectivity index (χ1n) is 9.98. The fourth-order valence-electron chi connectivity index (χ4n) is 2.98. The lowest BCUT2D eigenvalue weighted by atomic mass is 10.1. The molecule has 0 radical (unpaired) electrons. The Bertz CT molecular complexity index is 1040. The molecule has 1 saturated heterocycles. The summed E-state index contributed by atoms with van der Waals surface area (Å²) in [5, 5.41) is 9.46. The molecule has 1 amide bonds. The van der Waals surface area contributed by atoms with E-state index in [0.29, 0.717) is 45.4 Å². The van der Waals surface area contributed by atoms with Crippen molar-refractivity contribution in [1.29, 1.82) is 0 Å². The predicted octanol–water partition coefficient (Wildman–Crippen LogP) is 5.38. The number of carbonyl (C=O) groups excluding carboxylic acids is 1. The van der Waals surface area contributed by atoms with Crippen LogP contribution in [0.4, 0.5) is 0 Å². The number of amides is 1. The zero-order chi connectivity index (χ0) is 23.1. The summed E-state index contributed by atoms with van der Waals surface area (Å²) in [4.78, 5) is 25.3. The van der Waals surface area contributed by atoms with Crippen molar-refractivity contribution in [2.75, 3.05) is 13.2 Å². The van der Waals surface area contributed by atoms with Crippen molar-refractivity contribution in [3.05, 3.63) is 63.5 Å². The van der Waals surface area contributed by atoms with Gasteiger partial charge in [-0.05, 0) is 54.8 Å². The SMILES string of the molecule is CCOc1cc(/C=C2/SC(=S)N(CCCC(=O)O)C2=O)ccc1OCc1ccc(Cl)cc1. The number of aliphatic carboxylic acids is 1. The fraction of sp³-hybridized carbons (Fsp3) is 0.261. The van der Waals surface area contributed by atoms with Gasteiger partial charge in [-0.1, -0.05) is 53.8 Å². The van der Waals surface area contributed by atoms with Gasteiger partial charge in [-0.25, -0.2) is 0 Å². The van der Waals surface area contributed by atoms with E-state index in [1.807, 2.05) is 43.3 Å². The molecule has 0 aliphatic carbocycles. The molecule has 0 bridgehead atoms. The van der Waals surface area contributed by atoms with E-state index in [-0.39, 0.29) is 18.9 Å². The number of carboxylic acids is 1. The van der Waals surface area contributed by atoms with Crippen LogP contribution in [0.3, 0.4) is 0 Å². The zero-order valence-corrected chi connectivity index (χ0v) is 19.8. The summed E-state index contributed by atoms with van der Waals surface area (Å²) in [6.45, 7) is 3.01. The van der Waals surface area contributed by atoms with Gasteiger partial charge in [0.2, 0.25) is 0 Å². The Balaban J connectivity index is 1.72. The number of carbonyl (C=O) groups is 2. The third kappa shape index (κ3) is 6.48. The Hall–Kier alpha value is -2.55. The Labute approximate surface area is 201 Å². The lowest BCUT2D eigenvalue weighted by Crippen LogP contribution is -2.29. The molecule has 1 aliphatic rings. The maximum Gasteiger partial charge on any atom is 0.303 e. The highest BCUT2D eigenvalue weighted by Gasteiger charge is 2.31. The number of hydrogen-bond donors (Lipinski definition) is 1. The maximum atomic E-state index is 12.7. The number of thioether (sulfide) groups is 1. The van der Waals surface area contributed by atoms with Crippen molar-refractivity contribution < 1.29 is 24.2 Å². The van der Waals surface area contributed by atoms with Crippen LogP contribution in [0.25, 0.3) is 6.08 Å². The molecule has 1 heterocycles. The van der Waals surface area contributed by atoms with Gasteiger partial charge in [-0.2, -0.15) is 0 Å². The first-order chi connectivity index (χ1) is 15.4. The van der Waals surface area contributed by atoms with Crippen LogP contribution in [-0.4, -0.2) is 39.4 Å². The molecule has 1 fully saturated rings. The first-order valence-corrected chi connectivity index (χ1v) is 11.6. The summed E-state index contributed by atoms with van der Waals surface area (Å²) in [7, 11) is 0. The number of ether oxygens (including phenoxy) is 2. The van der Waals surface area contributed by atoms with Crippen LogP contribution in [0.5, 0.6) is 11.5 Å². The summed E-state index contributed by atoms with van der Waals surface area (Å²) in [5.74, 6) is 0.0616. The van der Waals surface area contributed by atoms with Gasteiger partial charge in [-0.15, -0.1) is 0 Å². The molecule has 2 aromatic carbocycles. The van der Waals surface area contributed by atoms with E-state index in [4.69, 9.17) is 38.4 Å². The van der Waals surface area contributed by atoms with E-state index in [9.17, 15) is 9.59 Å². The summed E-state index contributed by atoms with van der Waals surface area (Å²) < 4.78 is 12.1. The van der Waals surface area contributed by atoms with Gasteiger partial charge in [0.25, 0.3) is 5.91 Å². The second-order valence-corrected chi connectivity index (χ2v) is 9.00. The summed E-state index contributed by atoms with van der Waals surface area (Å²) in [5.41, 5.74) is 1.76. The van der Waals surface area contributed by atoms with Crippen molar-refractivity contribution in [2.45, 2.75) is 26.4 Å². The van der Waals surface area contributed by atoms with Crippen LogP contribution in [0, 0.1) is 0 Å². The molecule has 0 atom stereocenters. The van der Waals surface area contributed by atoms with Crippen molar-refractivity contribution in [3.63, 3.8) is 0 Å². The van der Waals surface area contributed by atoms with Gasteiger partial charge in [0.05, 0.1) is 11.5 Å². The second-order valence-electron chi connectivity index (χ2n) is 6.88. The van der Waals surface area contributed by atoms with Crippen LogP contribution in [-0.2, 0) is 16.2 Å². The number of rotatable bonds is 10. The molecular weight excluding hydrogens is 470 g/mol. The molecule has 32 heavy (non-hydrogen) atoms. The van der Waals surface area contributed by atoms with Gasteiger partial charge in [0.1, 0.15) is 10.9 Å².